The summed E-state index contributed by atoms with van der Waals surface area (Å²) >= 11 is 0. The maximum Gasteiger partial charge on any atom is 0.142 e. The molecule has 2 heteroatoms. The van der Waals surface area contributed by atoms with Crippen molar-refractivity contribution in [3.05, 3.63) is 35.4 Å². The number of carbonyl (C=O) groups excluding carboxylic acids is 1. The molecule has 1 aromatic rings. The van der Waals surface area contributed by atoms with Crippen LogP contribution in [0.4, 0.5) is 0 Å². The summed E-state index contributed by atoms with van der Waals surface area (Å²) in [7, 11) is 0. The summed E-state index contributed by atoms with van der Waals surface area (Å²) in [5.74, 6) is 0.277. The van der Waals surface area contributed by atoms with E-state index in [1.807, 2.05) is 25.1 Å². The monoisotopic (exact) mass is 204 g/mol. The highest BCUT2D eigenvalue weighted by molar-refractivity contribution is 5.86. The summed E-state index contributed by atoms with van der Waals surface area (Å²) in [4.78, 5) is 11.9. The Labute approximate surface area is 90.3 Å². The molecule has 2 nitrogen and oxygen atoms in total. The van der Waals surface area contributed by atoms with Crippen molar-refractivity contribution >= 4 is 5.78 Å². The number of hydrogen-bond donors (Lipinski definition) is 0. The molecule has 0 aliphatic carbocycles. The van der Waals surface area contributed by atoms with Crippen molar-refractivity contribution in [2.24, 2.45) is 0 Å². The summed E-state index contributed by atoms with van der Waals surface area (Å²) in [5.41, 5.74) is 2.33. The van der Waals surface area contributed by atoms with Crippen LogP contribution in [-0.4, -0.2) is 12.4 Å². The van der Waals surface area contributed by atoms with E-state index in [4.69, 9.17) is 4.74 Å². The van der Waals surface area contributed by atoms with Crippen LogP contribution >= 0.6 is 0 Å². The number of rotatable bonds is 3. The minimum atomic E-state index is -0.0325. The zero-order valence-electron chi connectivity index (χ0n) is 9.03. The predicted octanol–water partition coefficient (Wildman–Crippen LogP) is 2.67. The molecule has 1 heterocycles. The number of Topliss-reactive ketones (excluding diaryl/α,β-unsaturated/α-hetero) is 1. The van der Waals surface area contributed by atoms with E-state index in [0.29, 0.717) is 25.4 Å². The molecule has 0 saturated heterocycles. The molecule has 80 valence electrons. The predicted molar refractivity (Wildman–Crippen MR) is 58.8 cm³/mol. The van der Waals surface area contributed by atoms with Gasteiger partial charge in [0.25, 0.3) is 0 Å². The van der Waals surface area contributed by atoms with Crippen LogP contribution in [0.3, 0.4) is 0 Å². The van der Waals surface area contributed by atoms with Crippen LogP contribution in [0.1, 0.15) is 36.8 Å². The van der Waals surface area contributed by atoms with Crippen LogP contribution in [0, 0.1) is 0 Å². The Morgan fingerprint density at radius 2 is 2.27 bits per heavy atom. The summed E-state index contributed by atoms with van der Waals surface area (Å²) in [5, 5.41) is 0. The molecule has 2 rings (SSSR count). The first kappa shape index (κ1) is 10.4. The Balaban J connectivity index is 2.25. The van der Waals surface area contributed by atoms with Gasteiger partial charge in [0.1, 0.15) is 5.78 Å². The number of fused-ring (bicyclic) bond motifs is 1. The van der Waals surface area contributed by atoms with Gasteiger partial charge in [0.2, 0.25) is 0 Å². The van der Waals surface area contributed by atoms with E-state index in [1.54, 1.807) is 0 Å². The molecule has 1 unspecified atom stereocenters. The third-order valence-corrected chi connectivity index (χ3v) is 2.86. The van der Waals surface area contributed by atoms with Gasteiger partial charge in [0.15, 0.2) is 0 Å². The molecule has 1 aliphatic heterocycles. The largest absolute Gasteiger partial charge is 0.376 e. The van der Waals surface area contributed by atoms with Gasteiger partial charge >= 0.3 is 0 Å². The molecule has 0 bridgehead atoms. The summed E-state index contributed by atoms with van der Waals surface area (Å²) in [6.45, 7) is 3.23. The SMILES string of the molecule is CCCC(=O)C1COCc2ccccc21. The fraction of sp³-hybridized carbons (Fsp3) is 0.462. The Morgan fingerprint density at radius 1 is 1.47 bits per heavy atom. The van der Waals surface area contributed by atoms with Gasteiger partial charge in [0, 0.05) is 6.42 Å². The zero-order valence-corrected chi connectivity index (χ0v) is 9.03. The minimum absolute atomic E-state index is 0.0325. The van der Waals surface area contributed by atoms with Crippen molar-refractivity contribution in [2.45, 2.75) is 32.3 Å². The van der Waals surface area contributed by atoms with Crippen LogP contribution in [0.15, 0.2) is 24.3 Å². The quantitative estimate of drug-likeness (QED) is 0.756. The van der Waals surface area contributed by atoms with Crippen LogP contribution in [0.5, 0.6) is 0 Å². The van der Waals surface area contributed by atoms with Crippen LogP contribution in [0.25, 0.3) is 0 Å². The van der Waals surface area contributed by atoms with E-state index >= 15 is 0 Å². The number of carbonyl (C=O) groups is 1. The fourth-order valence-electron chi connectivity index (χ4n) is 2.07. The molecule has 0 amide bonds. The molecule has 0 saturated carbocycles. The van der Waals surface area contributed by atoms with Crippen LogP contribution in [-0.2, 0) is 16.1 Å². The summed E-state index contributed by atoms with van der Waals surface area (Å²) < 4.78 is 5.46. The molecule has 0 spiro atoms. The molecule has 15 heavy (non-hydrogen) atoms. The van der Waals surface area contributed by atoms with Crippen LogP contribution < -0.4 is 0 Å². The molecule has 0 aromatic heterocycles. The van der Waals surface area contributed by atoms with Gasteiger partial charge in [-0.3, -0.25) is 4.79 Å². The first-order chi connectivity index (χ1) is 7.33. The Kier molecular flexibility index (Phi) is 3.17. The molecule has 0 fully saturated rings. The van der Waals surface area contributed by atoms with Crippen molar-refractivity contribution in [2.75, 3.05) is 6.61 Å². The molecule has 1 atom stereocenters. The highest BCUT2D eigenvalue weighted by atomic mass is 16.5. The average Bonchev–Trinajstić information content (AvgIpc) is 2.28. The number of hydrogen-bond acceptors (Lipinski definition) is 2. The lowest BCUT2D eigenvalue weighted by molar-refractivity contribution is -0.122. The summed E-state index contributed by atoms with van der Waals surface area (Å²) in [6, 6.07) is 8.09. The zero-order chi connectivity index (χ0) is 10.7. The highest BCUT2D eigenvalue weighted by Crippen LogP contribution is 2.28. The second kappa shape index (κ2) is 4.58. The van der Waals surface area contributed by atoms with E-state index < -0.39 is 0 Å². The maximum atomic E-state index is 11.9. The van der Waals surface area contributed by atoms with E-state index in [2.05, 4.69) is 6.07 Å². The van der Waals surface area contributed by atoms with Gasteiger partial charge in [-0.05, 0) is 17.5 Å². The van der Waals surface area contributed by atoms with Crippen molar-refractivity contribution in [1.82, 2.24) is 0 Å². The Hall–Kier alpha value is -1.15. The smallest absolute Gasteiger partial charge is 0.142 e. The lowest BCUT2D eigenvalue weighted by Crippen LogP contribution is -2.23. The third kappa shape index (κ3) is 2.10. The van der Waals surface area contributed by atoms with E-state index in [1.165, 1.54) is 11.1 Å². The number of ketones is 1. The molecule has 1 aliphatic rings. The average molecular weight is 204 g/mol. The molecule has 0 N–H and O–H groups in total. The molecule has 1 aromatic carbocycles. The van der Waals surface area contributed by atoms with Gasteiger partial charge in [-0.1, -0.05) is 31.2 Å². The minimum Gasteiger partial charge on any atom is -0.376 e. The normalized spacial score (nSPS) is 19.7. The van der Waals surface area contributed by atoms with Crippen molar-refractivity contribution in [3.63, 3.8) is 0 Å². The van der Waals surface area contributed by atoms with Gasteiger partial charge in [0.05, 0.1) is 19.1 Å². The number of benzene rings is 1. The first-order valence-corrected chi connectivity index (χ1v) is 5.51. The third-order valence-electron chi connectivity index (χ3n) is 2.86. The second-order valence-electron chi connectivity index (χ2n) is 3.98. The van der Waals surface area contributed by atoms with Gasteiger partial charge in [-0.2, -0.15) is 0 Å². The Morgan fingerprint density at radius 3 is 3.07 bits per heavy atom. The number of ether oxygens (including phenoxy) is 1. The standard InChI is InChI=1S/C13H16O2/c1-2-5-13(14)12-9-15-8-10-6-3-4-7-11(10)12/h3-4,6-7,12H,2,5,8-9H2,1H3. The molecule has 0 radical (unpaired) electrons. The lowest BCUT2D eigenvalue weighted by Gasteiger charge is -2.24. The second-order valence-corrected chi connectivity index (χ2v) is 3.98. The van der Waals surface area contributed by atoms with Gasteiger partial charge < -0.3 is 4.74 Å². The van der Waals surface area contributed by atoms with Crippen LogP contribution in [0.2, 0.25) is 0 Å². The molecular weight excluding hydrogens is 188 g/mol. The van der Waals surface area contributed by atoms with Gasteiger partial charge in [-0.15, -0.1) is 0 Å². The Bertz CT molecular complexity index is 357. The highest BCUT2D eigenvalue weighted by Gasteiger charge is 2.25. The van der Waals surface area contributed by atoms with Crippen molar-refractivity contribution < 1.29 is 9.53 Å². The van der Waals surface area contributed by atoms with Gasteiger partial charge in [-0.25, -0.2) is 0 Å². The fourth-order valence-corrected chi connectivity index (χ4v) is 2.07. The first-order valence-electron chi connectivity index (χ1n) is 5.51. The molecular formula is C13H16O2. The summed E-state index contributed by atoms with van der Waals surface area (Å²) in [6.07, 6.45) is 1.57. The lowest BCUT2D eigenvalue weighted by atomic mass is 9.88. The maximum absolute atomic E-state index is 11.9. The van der Waals surface area contributed by atoms with E-state index in [0.717, 1.165) is 6.42 Å². The van der Waals surface area contributed by atoms with E-state index in [9.17, 15) is 4.79 Å². The van der Waals surface area contributed by atoms with E-state index in [-0.39, 0.29) is 5.92 Å². The van der Waals surface area contributed by atoms with Crippen molar-refractivity contribution in [3.8, 4) is 0 Å². The topological polar surface area (TPSA) is 26.3 Å². The van der Waals surface area contributed by atoms with Crippen molar-refractivity contribution in [1.29, 1.82) is 0 Å².